The van der Waals surface area contributed by atoms with Gasteiger partial charge in [-0.3, -0.25) is 23.7 Å². The highest BCUT2D eigenvalue weighted by Gasteiger charge is 2.56. The van der Waals surface area contributed by atoms with Crippen LogP contribution < -0.4 is 21.3 Å². The van der Waals surface area contributed by atoms with Gasteiger partial charge in [0.2, 0.25) is 11.8 Å². The van der Waals surface area contributed by atoms with Crippen LogP contribution in [0.2, 0.25) is 0 Å². The van der Waals surface area contributed by atoms with Gasteiger partial charge in [-0.1, -0.05) is 48.5 Å². The largest absolute Gasteiger partial charge is 0.471 e. The van der Waals surface area contributed by atoms with Gasteiger partial charge in [-0.25, -0.2) is 17.6 Å². The maximum atomic E-state index is 16.3. The van der Waals surface area contributed by atoms with Crippen molar-refractivity contribution in [3.8, 4) is 22.3 Å². The molecule has 0 unspecified atom stereocenters. The van der Waals surface area contributed by atoms with Gasteiger partial charge in [-0.2, -0.15) is 34.8 Å². The van der Waals surface area contributed by atoms with Gasteiger partial charge in [0.15, 0.2) is 4.75 Å². The molecule has 342 valence electrons. The molecule has 64 heavy (non-hydrogen) atoms. The van der Waals surface area contributed by atoms with E-state index < -0.39 is 120 Å². The number of halogens is 10. The van der Waals surface area contributed by atoms with E-state index in [1.807, 2.05) is 0 Å². The minimum Gasteiger partial charge on any atom is -0.347 e. The van der Waals surface area contributed by atoms with Crippen molar-refractivity contribution in [1.29, 1.82) is 0 Å². The third-order valence-corrected chi connectivity index (χ3v) is 12.8. The molecule has 0 spiro atoms. The number of hydrogen-bond acceptors (Lipinski definition) is 6. The molecule has 0 bridgehead atoms. The predicted octanol–water partition coefficient (Wildman–Crippen LogP) is 7.50. The molecule has 22 heteroatoms. The molecule has 2 aliphatic carbocycles. The fourth-order valence-corrected chi connectivity index (χ4v) is 8.37. The molecule has 2 atom stereocenters. The van der Waals surface area contributed by atoms with Crippen LogP contribution in [0.5, 0.6) is 0 Å². The molecule has 0 radical (unpaired) electrons. The Morgan fingerprint density at radius 2 is 0.938 bits per heavy atom. The summed E-state index contributed by atoms with van der Waals surface area (Å²) in [6, 6.07) is 9.65. The van der Waals surface area contributed by atoms with Crippen molar-refractivity contribution in [2.45, 2.75) is 86.7 Å². The monoisotopic (exact) mass is 930 g/mol. The molecule has 2 fully saturated rings. The highest BCUT2D eigenvalue weighted by Crippen LogP contribution is 2.48. The second kappa shape index (κ2) is 16.5. The molecular formula is C42H36F10N4O7S. The zero-order valence-electron chi connectivity index (χ0n) is 33.5. The standard InChI is InChI=1S/C42H36F10N4O7S/c1-20(53-34(57)39(14-15-39)55-36(59)41(47,48)49)24-12-10-22(18-30(24)45)26-6-4-8-28(43)32(26)38(3,64(61,62)63)33-27(7-5-9-29(33)44)23-11-13-25(31(46)19-23)21(2)54-35(58)40(16-17-40)56-37(60)42(50,51)52/h4-13,18-21H,14-17H2,1-3H3,(H,53,57)(H,54,58)(H,55,59)(H,56,60)(H,61,62,63)/t20-,21-/m1/s1. The molecule has 0 heterocycles. The van der Waals surface area contributed by atoms with E-state index in [2.05, 4.69) is 10.6 Å². The molecule has 4 aromatic rings. The Morgan fingerprint density at radius 1 is 0.594 bits per heavy atom. The van der Waals surface area contributed by atoms with Crippen molar-refractivity contribution in [2.75, 3.05) is 0 Å². The lowest BCUT2D eigenvalue weighted by atomic mass is 9.81. The van der Waals surface area contributed by atoms with Gasteiger partial charge >= 0.3 is 24.2 Å². The fourth-order valence-electron chi connectivity index (χ4n) is 7.44. The van der Waals surface area contributed by atoms with Crippen LogP contribution in [0.3, 0.4) is 0 Å². The summed E-state index contributed by atoms with van der Waals surface area (Å²) in [6.45, 7) is 3.31. The van der Waals surface area contributed by atoms with E-state index in [4.69, 9.17) is 0 Å². The summed E-state index contributed by atoms with van der Waals surface area (Å²) in [5, 5.41) is 7.96. The second-order valence-electron chi connectivity index (χ2n) is 15.8. The van der Waals surface area contributed by atoms with Gasteiger partial charge in [-0.15, -0.1) is 0 Å². The van der Waals surface area contributed by atoms with Crippen LogP contribution in [0, 0.1) is 23.3 Å². The normalized spacial score (nSPS) is 16.5. The Hall–Kier alpha value is -6.03. The van der Waals surface area contributed by atoms with Crippen molar-refractivity contribution in [3.05, 3.63) is 118 Å². The summed E-state index contributed by atoms with van der Waals surface area (Å²) >= 11 is 0. The quantitative estimate of drug-likeness (QED) is 0.0683. The summed E-state index contributed by atoms with van der Waals surface area (Å²) < 4.78 is 176. The molecule has 0 aliphatic heterocycles. The number of rotatable bonds is 13. The lowest BCUT2D eigenvalue weighted by Crippen LogP contribution is -2.53. The van der Waals surface area contributed by atoms with Crippen LogP contribution in [-0.4, -0.2) is 60.0 Å². The van der Waals surface area contributed by atoms with Crippen LogP contribution in [0.1, 0.15) is 80.8 Å². The zero-order valence-corrected chi connectivity index (χ0v) is 34.3. The first-order chi connectivity index (χ1) is 29.6. The lowest BCUT2D eigenvalue weighted by Gasteiger charge is -2.32. The molecule has 6 rings (SSSR count). The first-order valence-corrected chi connectivity index (χ1v) is 20.6. The number of carbonyl (C=O) groups excluding carboxylic acids is 4. The van der Waals surface area contributed by atoms with E-state index >= 15 is 17.6 Å². The third kappa shape index (κ3) is 9.01. The van der Waals surface area contributed by atoms with Crippen molar-refractivity contribution >= 4 is 33.7 Å². The minimum absolute atomic E-state index is 0.130. The van der Waals surface area contributed by atoms with E-state index in [1.165, 1.54) is 13.8 Å². The molecule has 2 saturated carbocycles. The summed E-state index contributed by atoms with van der Waals surface area (Å²) in [4.78, 5) is 48.8. The topological polar surface area (TPSA) is 171 Å². The average Bonchev–Trinajstić information content (AvgIpc) is 4.13. The molecular weight excluding hydrogens is 895 g/mol. The van der Waals surface area contributed by atoms with E-state index in [9.17, 15) is 58.5 Å². The molecule has 2 aliphatic rings. The van der Waals surface area contributed by atoms with Crippen molar-refractivity contribution in [1.82, 2.24) is 21.3 Å². The minimum atomic E-state index is -5.68. The molecule has 4 amide bonds. The highest BCUT2D eigenvalue weighted by molar-refractivity contribution is 7.87. The Morgan fingerprint density at radius 3 is 1.22 bits per heavy atom. The number of carbonyl (C=O) groups is 4. The van der Waals surface area contributed by atoms with Crippen molar-refractivity contribution < 1.29 is 76.1 Å². The van der Waals surface area contributed by atoms with E-state index in [-0.39, 0.29) is 47.9 Å². The fraction of sp³-hybridized carbons (Fsp3) is 0.333. The lowest BCUT2D eigenvalue weighted by molar-refractivity contribution is -0.175. The van der Waals surface area contributed by atoms with Gasteiger partial charge in [0.1, 0.15) is 34.3 Å². The first kappa shape index (κ1) is 47.4. The zero-order chi connectivity index (χ0) is 47.5. The summed E-state index contributed by atoms with van der Waals surface area (Å²) in [5.41, 5.74) is -7.32. The SMILES string of the molecule is C[C@@H](NC(=O)C1(NC(=O)C(F)(F)F)CC1)c1ccc(-c2cccc(F)c2C(C)(c2c(F)cccc2-c2ccc([C@@H](C)NC(=O)C3(NC(=O)C(F)(F)F)CC3)c(F)c2)S(=O)(=O)O)cc1F. The van der Waals surface area contributed by atoms with Crippen LogP contribution in [0.25, 0.3) is 22.3 Å². The average molecular weight is 931 g/mol. The van der Waals surface area contributed by atoms with Gasteiger partial charge in [0, 0.05) is 22.3 Å². The van der Waals surface area contributed by atoms with Gasteiger partial charge in [-0.05, 0) is 93.0 Å². The Labute approximate surface area is 357 Å². The van der Waals surface area contributed by atoms with E-state index in [0.717, 1.165) is 79.7 Å². The first-order valence-electron chi connectivity index (χ1n) is 19.1. The van der Waals surface area contributed by atoms with Gasteiger partial charge in [0.25, 0.3) is 10.1 Å². The summed E-state index contributed by atoms with van der Waals surface area (Å²) in [6.07, 6.45) is -11.1. The van der Waals surface area contributed by atoms with Crippen LogP contribution in [-0.2, 0) is 34.0 Å². The smallest absolute Gasteiger partial charge is 0.347 e. The van der Waals surface area contributed by atoms with Crippen molar-refractivity contribution in [3.63, 3.8) is 0 Å². The van der Waals surface area contributed by atoms with Crippen molar-refractivity contribution in [2.24, 2.45) is 0 Å². The van der Waals surface area contributed by atoms with Crippen LogP contribution in [0.15, 0.2) is 72.8 Å². The van der Waals surface area contributed by atoms with E-state index in [1.54, 1.807) is 10.6 Å². The molecule has 0 saturated heterocycles. The Balaban J connectivity index is 1.34. The number of nitrogens with one attached hydrogen (secondary N) is 4. The maximum absolute atomic E-state index is 16.3. The Bertz CT molecular complexity index is 2520. The summed E-state index contributed by atoms with van der Waals surface area (Å²) in [5.74, 6) is -11.6. The number of alkyl halides is 6. The third-order valence-electron chi connectivity index (χ3n) is 11.3. The van der Waals surface area contributed by atoms with Gasteiger partial charge < -0.3 is 21.3 Å². The molecule has 0 aromatic heterocycles. The Kier molecular flexibility index (Phi) is 12.2. The number of hydrogen-bond donors (Lipinski definition) is 5. The highest BCUT2D eigenvalue weighted by atomic mass is 32.2. The van der Waals surface area contributed by atoms with Crippen LogP contribution in [0.4, 0.5) is 43.9 Å². The second-order valence-corrected chi connectivity index (χ2v) is 17.5. The van der Waals surface area contributed by atoms with E-state index in [0.29, 0.717) is 0 Å². The molecule has 5 N–H and O–H groups in total. The van der Waals surface area contributed by atoms with Crippen LogP contribution >= 0.6 is 0 Å². The predicted molar refractivity (Wildman–Crippen MR) is 207 cm³/mol. The molecule has 4 aromatic carbocycles. The summed E-state index contributed by atoms with van der Waals surface area (Å²) in [7, 11) is -5.68. The van der Waals surface area contributed by atoms with Gasteiger partial charge in [0.05, 0.1) is 12.1 Å². The molecule has 11 nitrogen and oxygen atoms in total. The maximum Gasteiger partial charge on any atom is 0.471 e. The number of benzene rings is 4. The number of amides is 4.